The minimum absolute atomic E-state index is 0.150. The van der Waals surface area contributed by atoms with Crippen LogP contribution in [0.4, 0.5) is 4.79 Å². The summed E-state index contributed by atoms with van der Waals surface area (Å²) in [7, 11) is -2.93. The summed E-state index contributed by atoms with van der Waals surface area (Å²) in [6, 6.07) is 0. The Morgan fingerprint density at radius 1 is 1.47 bits per heavy atom. The second kappa shape index (κ2) is 4.00. The Morgan fingerprint density at radius 2 is 2.07 bits per heavy atom. The first-order valence-electron chi connectivity index (χ1n) is 4.89. The van der Waals surface area contributed by atoms with Crippen LogP contribution in [0.15, 0.2) is 0 Å². The van der Waals surface area contributed by atoms with Gasteiger partial charge < -0.3 is 10.1 Å². The number of alkyl carbamates (subject to hydrolysis) is 1. The zero-order valence-corrected chi connectivity index (χ0v) is 10.1. The van der Waals surface area contributed by atoms with Gasteiger partial charge in [0, 0.05) is 6.54 Å². The summed E-state index contributed by atoms with van der Waals surface area (Å²) in [4.78, 5) is 11.2. The van der Waals surface area contributed by atoms with Gasteiger partial charge in [-0.05, 0) is 27.2 Å². The maximum absolute atomic E-state index is 11.2. The minimum Gasteiger partial charge on any atom is -0.444 e. The van der Waals surface area contributed by atoms with Crippen LogP contribution in [-0.2, 0) is 14.6 Å². The number of carbonyl (C=O) groups excluding carboxylic acids is 1. The predicted molar refractivity (Wildman–Crippen MR) is 56.4 cm³/mol. The highest BCUT2D eigenvalue weighted by Crippen LogP contribution is 2.19. The largest absolute Gasteiger partial charge is 0.444 e. The average molecular weight is 235 g/mol. The van der Waals surface area contributed by atoms with Crippen LogP contribution in [0.2, 0.25) is 0 Å². The molecular weight excluding hydrogens is 218 g/mol. The van der Waals surface area contributed by atoms with Crippen LogP contribution in [-0.4, -0.2) is 37.7 Å². The van der Waals surface area contributed by atoms with Gasteiger partial charge in [-0.2, -0.15) is 0 Å². The molecule has 1 aliphatic heterocycles. The SMILES string of the molecule is CC(C)(C)OC(=O)NCC1CCS1(=O)=O. The Kier molecular flexibility index (Phi) is 3.28. The Labute approximate surface area is 90.1 Å². The number of sulfone groups is 1. The van der Waals surface area contributed by atoms with E-state index in [0.29, 0.717) is 6.42 Å². The molecule has 88 valence electrons. The number of ether oxygens (including phenoxy) is 1. The highest BCUT2D eigenvalue weighted by atomic mass is 32.2. The number of nitrogens with one attached hydrogen (secondary N) is 1. The van der Waals surface area contributed by atoms with Gasteiger partial charge in [-0.25, -0.2) is 13.2 Å². The summed E-state index contributed by atoms with van der Waals surface area (Å²) in [5.74, 6) is 0.230. The zero-order chi connectivity index (χ0) is 11.7. The van der Waals surface area contributed by atoms with Crippen LogP contribution < -0.4 is 5.32 Å². The molecular formula is C9H17NO4S. The molecule has 0 saturated carbocycles. The quantitative estimate of drug-likeness (QED) is 0.764. The molecule has 1 atom stereocenters. The summed E-state index contributed by atoms with van der Waals surface area (Å²) in [5.41, 5.74) is -0.553. The third-order valence-corrected chi connectivity index (χ3v) is 4.33. The van der Waals surface area contributed by atoms with E-state index in [-0.39, 0.29) is 12.3 Å². The Balaban J connectivity index is 2.30. The molecule has 1 rings (SSSR count). The molecule has 0 aliphatic carbocycles. The summed E-state index contributed by atoms with van der Waals surface area (Å²) in [5, 5.41) is 2.03. The van der Waals surface area contributed by atoms with Gasteiger partial charge in [0.2, 0.25) is 0 Å². The van der Waals surface area contributed by atoms with Crippen molar-refractivity contribution in [3.8, 4) is 0 Å². The number of rotatable bonds is 2. The molecule has 5 nitrogen and oxygen atoms in total. The van der Waals surface area contributed by atoms with Crippen LogP contribution in [0.25, 0.3) is 0 Å². The van der Waals surface area contributed by atoms with Gasteiger partial charge in [0.05, 0.1) is 11.0 Å². The topological polar surface area (TPSA) is 72.5 Å². The molecule has 0 spiro atoms. The van der Waals surface area contributed by atoms with Gasteiger partial charge in [0.25, 0.3) is 0 Å². The highest BCUT2D eigenvalue weighted by Gasteiger charge is 2.35. The zero-order valence-electron chi connectivity index (χ0n) is 9.24. The lowest BCUT2D eigenvalue weighted by Gasteiger charge is -2.26. The summed E-state index contributed by atoms with van der Waals surface area (Å²) in [6.45, 7) is 5.42. The smallest absolute Gasteiger partial charge is 0.407 e. The van der Waals surface area contributed by atoms with Gasteiger partial charge in [0.15, 0.2) is 9.84 Å². The molecule has 0 bridgehead atoms. The molecule has 1 saturated heterocycles. The van der Waals surface area contributed by atoms with E-state index >= 15 is 0 Å². The second-order valence-electron chi connectivity index (χ2n) is 4.66. The van der Waals surface area contributed by atoms with Gasteiger partial charge >= 0.3 is 6.09 Å². The van der Waals surface area contributed by atoms with Crippen LogP contribution in [0.5, 0.6) is 0 Å². The molecule has 15 heavy (non-hydrogen) atoms. The second-order valence-corrected chi connectivity index (χ2v) is 7.06. The monoisotopic (exact) mass is 235 g/mol. The Hall–Kier alpha value is -0.780. The average Bonchev–Trinajstić information content (AvgIpc) is 1.99. The van der Waals surface area contributed by atoms with Crippen LogP contribution in [0.1, 0.15) is 27.2 Å². The van der Waals surface area contributed by atoms with Gasteiger partial charge in [0.1, 0.15) is 5.60 Å². The van der Waals surface area contributed by atoms with Crippen molar-refractivity contribution in [1.29, 1.82) is 0 Å². The minimum atomic E-state index is -2.93. The maximum Gasteiger partial charge on any atom is 0.407 e. The first kappa shape index (κ1) is 12.3. The number of hydrogen-bond acceptors (Lipinski definition) is 4. The van der Waals surface area contributed by atoms with Crippen molar-refractivity contribution in [3.63, 3.8) is 0 Å². The number of hydrogen-bond donors (Lipinski definition) is 1. The highest BCUT2D eigenvalue weighted by molar-refractivity contribution is 7.93. The number of amides is 1. The third-order valence-electron chi connectivity index (χ3n) is 2.11. The first-order valence-corrected chi connectivity index (χ1v) is 6.61. The van der Waals surface area contributed by atoms with Crippen molar-refractivity contribution < 1.29 is 17.9 Å². The lowest BCUT2D eigenvalue weighted by Crippen LogP contribution is -2.46. The Morgan fingerprint density at radius 3 is 2.40 bits per heavy atom. The van der Waals surface area contributed by atoms with Gasteiger partial charge in [-0.15, -0.1) is 0 Å². The molecule has 0 aromatic rings. The lowest BCUT2D eigenvalue weighted by atomic mass is 10.2. The fourth-order valence-corrected chi connectivity index (χ4v) is 2.51. The third kappa shape index (κ3) is 3.70. The summed E-state index contributed by atoms with van der Waals surface area (Å²) in [6.07, 6.45) is 0.0580. The number of carbonyl (C=O) groups is 1. The summed E-state index contributed by atoms with van der Waals surface area (Å²) >= 11 is 0. The van der Waals surface area contributed by atoms with Crippen LogP contribution >= 0.6 is 0 Å². The molecule has 6 heteroatoms. The van der Waals surface area contributed by atoms with Crippen molar-refractivity contribution in [2.75, 3.05) is 12.3 Å². The first-order chi connectivity index (χ1) is 6.71. The van der Waals surface area contributed by atoms with Crippen molar-refractivity contribution in [2.24, 2.45) is 0 Å². The fourth-order valence-electron chi connectivity index (χ4n) is 1.22. The molecule has 0 aromatic heterocycles. The predicted octanol–water partition coefficient (Wildman–Crippen LogP) is 0.698. The fraction of sp³-hybridized carbons (Fsp3) is 0.889. The molecule has 1 unspecified atom stereocenters. The van der Waals surface area contributed by atoms with E-state index < -0.39 is 26.8 Å². The van der Waals surface area contributed by atoms with Crippen LogP contribution in [0.3, 0.4) is 0 Å². The van der Waals surface area contributed by atoms with Crippen molar-refractivity contribution in [1.82, 2.24) is 5.32 Å². The lowest BCUT2D eigenvalue weighted by molar-refractivity contribution is 0.0527. The molecule has 1 fully saturated rings. The van der Waals surface area contributed by atoms with Gasteiger partial charge in [-0.1, -0.05) is 0 Å². The molecule has 0 aromatic carbocycles. The van der Waals surface area contributed by atoms with E-state index in [9.17, 15) is 13.2 Å². The van der Waals surface area contributed by atoms with Crippen molar-refractivity contribution in [2.45, 2.75) is 38.0 Å². The maximum atomic E-state index is 11.2. The Bertz CT molecular complexity index is 342. The van der Waals surface area contributed by atoms with Crippen molar-refractivity contribution >= 4 is 15.9 Å². The van der Waals surface area contributed by atoms with Gasteiger partial charge in [-0.3, -0.25) is 0 Å². The molecule has 1 heterocycles. The molecule has 1 aliphatic rings. The van der Waals surface area contributed by atoms with Crippen molar-refractivity contribution in [3.05, 3.63) is 0 Å². The molecule has 1 N–H and O–H groups in total. The molecule has 1 amide bonds. The normalized spacial score (nSPS) is 24.1. The van der Waals surface area contributed by atoms with E-state index in [2.05, 4.69) is 5.32 Å². The molecule has 0 radical (unpaired) electrons. The standard InChI is InChI=1S/C9H17NO4S/c1-9(2,3)14-8(11)10-6-7-4-5-15(7,12)13/h7H,4-6H2,1-3H3,(H,10,11). The van der Waals surface area contributed by atoms with E-state index in [1.54, 1.807) is 20.8 Å². The van der Waals surface area contributed by atoms with Crippen LogP contribution in [0, 0.1) is 0 Å². The van der Waals surface area contributed by atoms with E-state index in [0.717, 1.165) is 0 Å². The van der Waals surface area contributed by atoms with E-state index in [1.807, 2.05) is 0 Å². The summed E-state index contributed by atoms with van der Waals surface area (Å²) < 4.78 is 27.2. The van der Waals surface area contributed by atoms with E-state index in [1.165, 1.54) is 0 Å². The van der Waals surface area contributed by atoms with E-state index in [4.69, 9.17) is 4.74 Å².